The zero-order chi connectivity index (χ0) is 11.8. The summed E-state index contributed by atoms with van der Waals surface area (Å²) in [5.41, 5.74) is 4.21. The number of thiophene rings is 1. The van der Waals surface area contributed by atoms with Gasteiger partial charge in [0.15, 0.2) is 0 Å². The average molecular weight is 243 g/mol. The highest BCUT2D eigenvalue weighted by Gasteiger charge is 2.17. The molecule has 1 nitrogen and oxygen atoms in total. The Morgan fingerprint density at radius 3 is 2.76 bits per heavy atom. The molecule has 3 rings (SSSR count). The predicted octanol–water partition coefficient (Wildman–Crippen LogP) is 3.76. The van der Waals surface area contributed by atoms with Gasteiger partial charge in [-0.05, 0) is 37.5 Å². The molecule has 0 aliphatic carbocycles. The molecule has 1 unspecified atom stereocenters. The summed E-state index contributed by atoms with van der Waals surface area (Å²) in [5, 5.41) is 3.52. The Morgan fingerprint density at radius 1 is 1.24 bits per heavy atom. The van der Waals surface area contributed by atoms with Gasteiger partial charge < -0.3 is 5.32 Å². The van der Waals surface area contributed by atoms with Crippen LogP contribution in [0, 0.1) is 6.92 Å². The first kappa shape index (κ1) is 11.0. The summed E-state index contributed by atoms with van der Waals surface area (Å²) in [6, 6.07) is 11.8. The van der Waals surface area contributed by atoms with E-state index in [1.807, 2.05) is 11.3 Å². The quantitative estimate of drug-likeness (QED) is 0.804. The van der Waals surface area contributed by atoms with Crippen LogP contribution in [-0.4, -0.2) is 6.04 Å². The second-order valence-corrected chi connectivity index (χ2v) is 6.05. The molecule has 0 amide bonds. The van der Waals surface area contributed by atoms with Crippen molar-refractivity contribution in [2.24, 2.45) is 0 Å². The average Bonchev–Trinajstić information content (AvgIpc) is 2.72. The maximum atomic E-state index is 3.52. The fourth-order valence-corrected chi connectivity index (χ4v) is 3.47. The van der Waals surface area contributed by atoms with Crippen molar-refractivity contribution in [3.05, 3.63) is 46.3 Å². The minimum absolute atomic E-state index is 0.614. The van der Waals surface area contributed by atoms with E-state index in [-0.39, 0.29) is 0 Å². The van der Waals surface area contributed by atoms with Crippen molar-refractivity contribution < 1.29 is 0 Å². The summed E-state index contributed by atoms with van der Waals surface area (Å²) >= 11 is 1.93. The Morgan fingerprint density at radius 2 is 2.00 bits per heavy atom. The molecule has 0 bridgehead atoms. The van der Waals surface area contributed by atoms with Crippen molar-refractivity contribution in [1.29, 1.82) is 0 Å². The third-order valence-corrected chi connectivity index (χ3v) is 4.60. The van der Waals surface area contributed by atoms with E-state index in [9.17, 15) is 0 Å². The van der Waals surface area contributed by atoms with E-state index < -0.39 is 0 Å². The van der Waals surface area contributed by atoms with Crippen LogP contribution in [0.5, 0.6) is 0 Å². The molecule has 2 heterocycles. The van der Waals surface area contributed by atoms with Crippen LogP contribution in [0.1, 0.15) is 22.9 Å². The lowest BCUT2D eigenvalue weighted by Gasteiger charge is -2.19. The minimum Gasteiger partial charge on any atom is -0.309 e. The van der Waals surface area contributed by atoms with Crippen molar-refractivity contribution in [3.63, 3.8) is 0 Å². The number of hydrogen-bond donors (Lipinski definition) is 1. The molecule has 1 N–H and O–H groups in total. The number of fused-ring (bicyclic) bond motifs is 1. The molecular formula is C15H17NS. The van der Waals surface area contributed by atoms with Crippen molar-refractivity contribution in [2.45, 2.75) is 32.9 Å². The molecule has 17 heavy (non-hydrogen) atoms. The zero-order valence-corrected chi connectivity index (χ0v) is 11.1. The number of hydrogen-bond acceptors (Lipinski definition) is 2. The fraction of sp³-hybridized carbons (Fsp3) is 0.333. The van der Waals surface area contributed by atoms with Crippen molar-refractivity contribution in [3.8, 4) is 10.4 Å². The summed E-state index contributed by atoms with van der Waals surface area (Å²) in [6.07, 6.45) is 1.16. The molecule has 1 aliphatic heterocycles. The minimum atomic E-state index is 0.614. The molecule has 1 aliphatic rings. The van der Waals surface area contributed by atoms with Crippen LogP contribution in [0.25, 0.3) is 10.4 Å². The van der Waals surface area contributed by atoms with Gasteiger partial charge in [-0.25, -0.2) is 0 Å². The van der Waals surface area contributed by atoms with E-state index in [0.29, 0.717) is 6.04 Å². The highest BCUT2D eigenvalue weighted by molar-refractivity contribution is 7.15. The zero-order valence-electron chi connectivity index (χ0n) is 10.3. The Bertz CT molecular complexity index is 524. The van der Waals surface area contributed by atoms with Crippen LogP contribution < -0.4 is 5.32 Å². The predicted molar refractivity (Wildman–Crippen MR) is 74.5 cm³/mol. The van der Waals surface area contributed by atoms with Crippen LogP contribution in [0.3, 0.4) is 0 Å². The van der Waals surface area contributed by atoms with E-state index in [0.717, 1.165) is 13.0 Å². The summed E-state index contributed by atoms with van der Waals surface area (Å²) in [6.45, 7) is 5.42. The van der Waals surface area contributed by atoms with Crippen molar-refractivity contribution >= 4 is 11.3 Å². The lowest BCUT2D eigenvalue weighted by molar-refractivity contribution is 0.520. The second-order valence-electron chi connectivity index (χ2n) is 4.91. The lowest BCUT2D eigenvalue weighted by Crippen LogP contribution is -2.31. The molecule has 2 heteroatoms. The van der Waals surface area contributed by atoms with Gasteiger partial charge in [-0.15, -0.1) is 11.3 Å². The highest BCUT2D eigenvalue weighted by atomic mass is 32.1. The largest absolute Gasteiger partial charge is 0.309 e. The van der Waals surface area contributed by atoms with Crippen LogP contribution in [0.2, 0.25) is 0 Å². The van der Waals surface area contributed by atoms with Crippen LogP contribution in [0.4, 0.5) is 0 Å². The van der Waals surface area contributed by atoms with Crippen LogP contribution in [-0.2, 0) is 13.0 Å². The van der Waals surface area contributed by atoms with Gasteiger partial charge in [-0.2, -0.15) is 0 Å². The fourth-order valence-electron chi connectivity index (χ4n) is 2.32. The van der Waals surface area contributed by atoms with Crippen LogP contribution in [0.15, 0.2) is 30.3 Å². The maximum Gasteiger partial charge on any atom is 0.0349 e. The van der Waals surface area contributed by atoms with Gasteiger partial charge in [0.25, 0.3) is 0 Å². The maximum absolute atomic E-state index is 3.52. The summed E-state index contributed by atoms with van der Waals surface area (Å²) in [4.78, 5) is 2.92. The van der Waals surface area contributed by atoms with Gasteiger partial charge >= 0.3 is 0 Å². The Kier molecular flexibility index (Phi) is 2.77. The third kappa shape index (κ3) is 2.15. The van der Waals surface area contributed by atoms with E-state index in [1.165, 1.54) is 26.4 Å². The molecule has 0 saturated carbocycles. The van der Waals surface area contributed by atoms with E-state index >= 15 is 0 Å². The van der Waals surface area contributed by atoms with Crippen molar-refractivity contribution in [1.82, 2.24) is 5.32 Å². The topological polar surface area (TPSA) is 12.0 Å². The molecule has 0 radical (unpaired) electrons. The number of benzene rings is 1. The van der Waals surface area contributed by atoms with E-state index in [2.05, 4.69) is 49.5 Å². The third-order valence-electron chi connectivity index (χ3n) is 3.37. The first-order chi connectivity index (χ1) is 8.22. The first-order valence-electron chi connectivity index (χ1n) is 6.14. The van der Waals surface area contributed by atoms with Crippen LogP contribution >= 0.6 is 11.3 Å². The first-order valence-corrected chi connectivity index (χ1v) is 6.96. The Balaban J connectivity index is 1.97. The lowest BCUT2D eigenvalue weighted by atomic mass is 10.0. The Labute approximate surface area is 106 Å². The molecule has 0 spiro atoms. The number of rotatable bonds is 1. The van der Waals surface area contributed by atoms with E-state index in [1.54, 1.807) is 0 Å². The van der Waals surface area contributed by atoms with Gasteiger partial charge in [-0.1, -0.05) is 29.8 Å². The SMILES string of the molecule is Cc1ccc(-c2cc3c(s2)CNC(C)C3)cc1. The number of aryl methyl sites for hydroxylation is 1. The van der Waals surface area contributed by atoms with Crippen molar-refractivity contribution in [2.75, 3.05) is 0 Å². The summed E-state index contributed by atoms with van der Waals surface area (Å²) < 4.78 is 0. The van der Waals surface area contributed by atoms with E-state index in [4.69, 9.17) is 0 Å². The molecular weight excluding hydrogens is 226 g/mol. The molecule has 0 fully saturated rings. The molecule has 0 saturated heterocycles. The van der Waals surface area contributed by atoms with Gasteiger partial charge in [0.2, 0.25) is 0 Å². The molecule has 2 aromatic rings. The molecule has 1 atom stereocenters. The number of nitrogens with one attached hydrogen (secondary N) is 1. The normalized spacial score (nSPS) is 19.1. The Hall–Kier alpha value is -1.12. The highest BCUT2D eigenvalue weighted by Crippen LogP contribution is 2.33. The van der Waals surface area contributed by atoms with Gasteiger partial charge in [0, 0.05) is 22.3 Å². The molecule has 88 valence electrons. The van der Waals surface area contributed by atoms with Gasteiger partial charge in [0.1, 0.15) is 0 Å². The molecule has 1 aromatic carbocycles. The summed E-state index contributed by atoms with van der Waals surface area (Å²) in [7, 11) is 0. The second kappa shape index (κ2) is 4.28. The van der Waals surface area contributed by atoms with Gasteiger partial charge in [-0.3, -0.25) is 0 Å². The smallest absolute Gasteiger partial charge is 0.0349 e. The standard InChI is InChI=1S/C15H17NS/c1-10-3-5-12(6-4-10)14-8-13-7-11(2)16-9-15(13)17-14/h3-6,8,11,16H,7,9H2,1-2H3. The summed E-state index contributed by atoms with van der Waals surface area (Å²) in [5.74, 6) is 0. The molecule has 1 aromatic heterocycles. The van der Waals surface area contributed by atoms with Gasteiger partial charge in [0.05, 0.1) is 0 Å². The monoisotopic (exact) mass is 243 g/mol.